The Morgan fingerprint density at radius 1 is 1.30 bits per heavy atom. The summed E-state index contributed by atoms with van der Waals surface area (Å²) in [5, 5.41) is 11.0. The van der Waals surface area contributed by atoms with Crippen molar-refractivity contribution in [3.8, 4) is 0 Å². The zero-order chi connectivity index (χ0) is 19.5. The summed E-state index contributed by atoms with van der Waals surface area (Å²) in [5.41, 5.74) is -1.24. The van der Waals surface area contributed by atoms with E-state index in [-0.39, 0.29) is 5.92 Å². The number of hydrogen-bond donors (Lipinski definition) is 1. The van der Waals surface area contributed by atoms with E-state index >= 15 is 0 Å². The van der Waals surface area contributed by atoms with Gasteiger partial charge < -0.3 is 9.84 Å². The van der Waals surface area contributed by atoms with Crippen molar-refractivity contribution < 1.29 is 24.4 Å². The number of thioether (sulfide) groups is 1. The number of aliphatic hydroxyl groups is 1. The number of ether oxygens (including phenoxy) is 1. The molecule has 3 rings (SSSR count). The SMILES string of the molecule is CCCCSC[C@]1(C)OO[C@H]2C[C@H]1C[C@H](OC(=O)c1ccccc1)[C@]2(C)O. The van der Waals surface area contributed by atoms with Crippen LogP contribution in [0.25, 0.3) is 0 Å². The summed E-state index contributed by atoms with van der Waals surface area (Å²) in [6, 6.07) is 8.88. The lowest BCUT2D eigenvalue weighted by Gasteiger charge is -2.53. The molecule has 1 aliphatic carbocycles. The molecule has 0 radical (unpaired) electrons. The summed E-state index contributed by atoms with van der Waals surface area (Å²) in [5.74, 6) is 1.67. The van der Waals surface area contributed by atoms with Gasteiger partial charge in [-0.3, -0.25) is 0 Å². The van der Waals surface area contributed by atoms with E-state index < -0.39 is 29.4 Å². The number of hydrogen-bond acceptors (Lipinski definition) is 6. The van der Waals surface area contributed by atoms with Gasteiger partial charge in [0.2, 0.25) is 0 Å². The zero-order valence-corrected chi connectivity index (χ0v) is 17.2. The van der Waals surface area contributed by atoms with Crippen LogP contribution >= 0.6 is 11.8 Å². The van der Waals surface area contributed by atoms with E-state index in [4.69, 9.17) is 14.5 Å². The van der Waals surface area contributed by atoms with Gasteiger partial charge in [-0.15, -0.1) is 0 Å². The first-order chi connectivity index (χ1) is 12.9. The first-order valence-corrected chi connectivity index (χ1v) is 10.9. The number of rotatable bonds is 7. The zero-order valence-electron chi connectivity index (χ0n) is 16.3. The lowest BCUT2D eigenvalue weighted by molar-refractivity contribution is -0.448. The van der Waals surface area contributed by atoms with Crippen LogP contribution in [-0.2, 0) is 14.5 Å². The molecule has 1 saturated heterocycles. The number of carbonyl (C=O) groups excluding carboxylic acids is 1. The van der Waals surface area contributed by atoms with E-state index in [2.05, 4.69) is 13.8 Å². The van der Waals surface area contributed by atoms with Gasteiger partial charge in [0, 0.05) is 5.75 Å². The van der Waals surface area contributed by atoms with Crippen molar-refractivity contribution in [3.63, 3.8) is 0 Å². The third-order valence-electron chi connectivity index (χ3n) is 5.81. The topological polar surface area (TPSA) is 65.0 Å². The fraction of sp³-hybridized carbons (Fsp3) is 0.667. The minimum absolute atomic E-state index is 0.166. The molecule has 1 heterocycles. The van der Waals surface area contributed by atoms with Crippen molar-refractivity contribution in [3.05, 3.63) is 35.9 Å². The molecule has 1 saturated carbocycles. The molecule has 5 atom stereocenters. The summed E-state index contributed by atoms with van der Waals surface area (Å²) >= 11 is 1.86. The van der Waals surface area contributed by atoms with Gasteiger partial charge in [-0.2, -0.15) is 11.8 Å². The molecule has 0 amide bonds. The molecule has 0 unspecified atom stereocenters. The van der Waals surface area contributed by atoms with Gasteiger partial charge in [0.05, 0.1) is 5.56 Å². The van der Waals surface area contributed by atoms with E-state index in [0.717, 1.165) is 11.5 Å². The standard InChI is InChI=1S/C21H30O5S/c1-4-5-11-27-14-20(2)16-12-17(21(3,23)18(13-16)25-26-20)24-19(22)15-9-7-6-8-10-15/h6-10,16-18,23H,4-5,11-14H2,1-3H3/t16-,17+,18+,20+,21+/m1/s1. The highest BCUT2D eigenvalue weighted by Crippen LogP contribution is 2.47. The maximum Gasteiger partial charge on any atom is 0.338 e. The summed E-state index contributed by atoms with van der Waals surface area (Å²) in [4.78, 5) is 23.9. The second kappa shape index (κ2) is 8.52. The minimum atomic E-state index is -1.28. The number of benzene rings is 1. The van der Waals surface area contributed by atoms with Gasteiger partial charge in [-0.05, 0) is 56.9 Å². The molecule has 2 aliphatic rings. The summed E-state index contributed by atoms with van der Waals surface area (Å²) in [6.07, 6.45) is 2.50. The van der Waals surface area contributed by atoms with E-state index in [1.54, 1.807) is 31.2 Å². The first kappa shape index (κ1) is 20.6. The molecule has 2 bridgehead atoms. The van der Waals surface area contributed by atoms with Gasteiger partial charge >= 0.3 is 5.97 Å². The van der Waals surface area contributed by atoms with E-state index in [9.17, 15) is 9.90 Å². The highest BCUT2D eigenvalue weighted by atomic mass is 32.2. The molecule has 1 aromatic carbocycles. The van der Waals surface area contributed by atoms with Gasteiger partial charge in [0.25, 0.3) is 0 Å². The molecule has 6 heteroatoms. The Labute approximate surface area is 165 Å². The van der Waals surface area contributed by atoms with Gasteiger partial charge in [0.15, 0.2) is 0 Å². The van der Waals surface area contributed by atoms with Crippen molar-refractivity contribution in [2.75, 3.05) is 11.5 Å². The Morgan fingerprint density at radius 3 is 2.74 bits per heavy atom. The number of esters is 1. The predicted molar refractivity (Wildman–Crippen MR) is 106 cm³/mol. The normalized spacial score (nSPS) is 35.6. The Bertz CT molecular complexity index is 635. The van der Waals surface area contributed by atoms with Crippen LogP contribution in [0, 0.1) is 5.92 Å². The van der Waals surface area contributed by atoms with Crippen LogP contribution in [0.1, 0.15) is 56.8 Å². The van der Waals surface area contributed by atoms with E-state index in [1.165, 1.54) is 12.8 Å². The first-order valence-electron chi connectivity index (χ1n) is 9.77. The minimum Gasteiger partial charge on any atom is -0.456 e. The molecule has 1 aliphatic heterocycles. The number of fused-ring (bicyclic) bond motifs is 2. The Hall–Kier alpha value is -1.08. The monoisotopic (exact) mass is 394 g/mol. The van der Waals surface area contributed by atoms with Crippen LogP contribution in [0.15, 0.2) is 30.3 Å². The third kappa shape index (κ3) is 4.50. The van der Waals surface area contributed by atoms with Crippen LogP contribution in [-0.4, -0.2) is 46.0 Å². The average Bonchev–Trinajstić information content (AvgIpc) is 2.66. The van der Waals surface area contributed by atoms with Gasteiger partial charge in [0.1, 0.15) is 23.4 Å². The van der Waals surface area contributed by atoms with Crippen molar-refractivity contribution >= 4 is 17.7 Å². The highest BCUT2D eigenvalue weighted by molar-refractivity contribution is 7.99. The van der Waals surface area contributed by atoms with E-state index in [1.807, 2.05) is 17.8 Å². The Balaban J connectivity index is 1.69. The Kier molecular flexibility index (Phi) is 6.51. The summed E-state index contributed by atoms with van der Waals surface area (Å²) in [7, 11) is 0. The smallest absolute Gasteiger partial charge is 0.338 e. The van der Waals surface area contributed by atoms with Crippen LogP contribution < -0.4 is 0 Å². The molecule has 1 aromatic rings. The van der Waals surface area contributed by atoms with Gasteiger partial charge in [-0.1, -0.05) is 31.5 Å². The maximum absolute atomic E-state index is 12.5. The van der Waals surface area contributed by atoms with Crippen molar-refractivity contribution in [1.82, 2.24) is 0 Å². The van der Waals surface area contributed by atoms with Crippen molar-refractivity contribution in [1.29, 1.82) is 0 Å². The second-order valence-electron chi connectivity index (χ2n) is 8.04. The quantitative estimate of drug-likeness (QED) is 0.428. The fourth-order valence-electron chi connectivity index (χ4n) is 3.77. The predicted octanol–water partition coefficient (Wildman–Crippen LogP) is 4.00. The molecule has 0 aromatic heterocycles. The lowest BCUT2D eigenvalue weighted by Crippen LogP contribution is -2.64. The average molecular weight is 395 g/mol. The van der Waals surface area contributed by atoms with Crippen molar-refractivity contribution in [2.24, 2.45) is 5.92 Å². The fourth-order valence-corrected chi connectivity index (χ4v) is 5.10. The van der Waals surface area contributed by atoms with Gasteiger partial charge in [-0.25, -0.2) is 14.6 Å². The third-order valence-corrected chi connectivity index (χ3v) is 7.16. The number of unbranched alkanes of at least 4 members (excludes halogenated alkanes) is 1. The van der Waals surface area contributed by atoms with Crippen molar-refractivity contribution in [2.45, 2.75) is 69.9 Å². The lowest BCUT2D eigenvalue weighted by atomic mass is 9.69. The second-order valence-corrected chi connectivity index (χ2v) is 9.15. The molecule has 150 valence electrons. The number of carbonyl (C=O) groups is 1. The highest BCUT2D eigenvalue weighted by Gasteiger charge is 2.57. The molecule has 1 N–H and O–H groups in total. The molecular weight excluding hydrogens is 364 g/mol. The van der Waals surface area contributed by atoms with E-state index in [0.29, 0.717) is 18.4 Å². The van der Waals surface area contributed by atoms with Crippen LogP contribution in [0.3, 0.4) is 0 Å². The maximum atomic E-state index is 12.5. The molecule has 27 heavy (non-hydrogen) atoms. The molecule has 0 spiro atoms. The molecular formula is C21H30O5S. The molecule has 2 fully saturated rings. The van der Waals surface area contributed by atoms with Crippen LogP contribution in [0.5, 0.6) is 0 Å². The van der Waals surface area contributed by atoms with Crippen LogP contribution in [0.2, 0.25) is 0 Å². The molecule has 5 nitrogen and oxygen atoms in total. The summed E-state index contributed by atoms with van der Waals surface area (Å²) < 4.78 is 5.73. The Morgan fingerprint density at radius 2 is 2.04 bits per heavy atom. The summed E-state index contributed by atoms with van der Waals surface area (Å²) in [6.45, 7) is 5.91. The van der Waals surface area contributed by atoms with Crippen LogP contribution in [0.4, 0.5) is 0 Å². The largest absolute Gasteiger partial charge is 0.456 e.